The second-order valence-electron chi connectivity index (χ2n) is 9.57. The fraction of sp³-hybridized carbons (Fsp3) is 0.500. The summed E-state index contributed by atoms with van der Waals surface area (Å²) in [5.41, 5.74) is 5.49. The van der Waals surface area contributed by atoms with Crippen molar-refractivity contribution in [3.8, 4) is 11.4 Å². The number of aryl methyl sites for hydroxylation is 2. The van der Waals surface area contributed by atoms with Crippen molar-refractivity contribution in [3.05, 3.63) is 47.0 Å². The lowest BCUT2D eigenvalue weighted by Crippen LogP contribution is -2.13. The molecule has 0 spiro atoms. The van der Waals surface area contributed by atoms with Gasteiger partial charge in [0.25, 0.3) is 0 Å². The van der Waals surface area contributed by atoms with Gasteiger partial charge in [-0.2, -0.15) is 10.5 Å². The molecule has 0 aliphatic heterocycles. The molecule has 0 amide bonds. The Morgan fingerprint density at radius 2 is 1.71 bits per heavy atom. The van der Waals surface area contributed by atoms with E-state index in [0.717, 1.165) is 28.6 Å². The molecule has 3 aromatic rings. The average molecular weight is 440 g/mol. The quantitative estimate of drug-likeness (QED) is 0.303. The molecule has 1 N–H and O–H groups in total. The normalized spacial score (nSPS) is 13.1. The van der Waals surface area contributed by atoms with Crippen molar-refractivity contribution in [1.29, 1.82) is 0 Å². The molecule has 1 heterocycles. The fourth-order valence-corrected chi connectivity index (χ4v) is 5.31. The predicted octanol–water partition coefficient (Wildman–Crippen LogP) is 6.56. The smallest absolute Gasteiger partial charge is 0.146 e. The Kier molecular flexibility index (Phi) is 7.58. The summed E-state index contributed by atoms with van der Waals surface area (Å²) in [6, 6.07) is 10.3. The molecule has 168 valence electrons. The van der Waals surface area contributed by atoms with Crippen LogP contribution in [0.3, 0.4) is 0 Å². The lowest BCUT2D eigenvalue weighted by Gasteiger charge is -2.22. The summed E-state index contributed by atoms with van der Waals surface area (Å²) in [5, 5.41) is 20.3. The summed E-state index contributed by atoms with van der Waals surface area (Å²) in [4.78, 5) is 1.58. The number of hydrogen-bond acceptors (Lipinski definition) is 3. The third-order valence-corrected chi connectivity index (χ3v) is 7.37. The Labute approximate surface area is 189 Å². The van der Waals surface area contributed by atoms with Crippen LogP contribution >= 0.6 is 10.5 Å². The van der Waals surface area contributed by atoms with Crippen LogP contribution in [0.25, 0.3) is 16.7 Å². The molecule has 1 unspecified atom stereocenters. The van der Waals surface area contributed by atoms with E-state index < -0.39 is 0 Å². The molecule has 1 aromatic heterocycles. The lowest BCUT2D eigenvalue weighted by molar-refractivity contribution is 0.440. The average Bonchev–Trinajstić information content (AvgIpc) is 3.13. The maximum absolute atomic E-state index is 10.9. The number of nitrogens with zero attached hydrogens (tertiary/aromatic N) is 3. The number of aromatic nitrogens is 3. The molecule has 3 rings (SSSR count). The summed E-state index contributed by atoms with van der Waals surface area (Å²) in [7, 11) is 0.320. The largest absolute Gasteiger partial charge is 0.505 e. The number of phenolic OH excluding ortho intramolecular Hbond substituents is 1. The van der Waals surface area contributed by atoms with E-state index in [0.29, 0.717) is 16.2 Å². The highest BCUT2D eigenvalue weighted by molar-refractivity contribution is 8.14. The molecular formula is C26H37N3OS. The molecule has 0 radical (unpaired) electrons. The number of benzene rings is 2. The van der Waals surface area contributed by atoms with Crippen molar-refractivity contribution in [3.63, 3.8) is 0 Å². The van der Waals surface area contributed by atoms with Crippen LogP contribution in [0.5, 0.6) is 5.75 Å². The molecule has 0 fully saturated rings. The first kappa shape index (κ1) is 23.5. The van der Waals surface area contributed by atoms with Gasteiger partial charge in [-0.25, -0.2) is 0 Å². The Bertz CT molecular complexity index is 1060. The zero-order chi connectivity index (χ0) is 22.6. The zero-order valence-electron chi connectivity index (χ0n) is 19.7. The van der Waals surface area contributed by atoms with E-state index in [-0.39, 0.29) is 11.2 Å². The minimum absolute atomic E-state index is 0.158. The zero-order valence-corrected chi connectivity index (χ0v) is 20.6. The summed E-state index contributed by atoms with van der Waals surface area (Å²) >= 11 is 0. The summed E-state index contributed by atoms with van der Waals surface area (Å²) < 4.78 is 0. The highest BCUT2D eigenvalue weighted by atomic mass is 32.2. The molecular weight excluding hydrogens is 402 g/mol. The standard InChI is InChI=1S/C26H37N3OS/c1-7-8-14-31(6)15-10-9-11-20-12-13-22-23(18-20)28-29(27-22)24-17-19(2)16-21(25(24)30)26(3,4)5/h12-13,16-18,30H,6-11,14-15H2,1-5H3. The topological polar surface area (TPSA) is 50.9 Å². The predicted molar refractivity (Wildman–Crippen MR) is 136 cm³/mol. The molecule has 1 atom stereocenters. The molecule has 31 heavy (non-hydrogen) atoms. The molecule has 0 bridgehead atoms. The van der Waals surface area contributed by atoms with E-state index in [9.17, 15) is 5.11 Å². The van der Waals surface area contributed by atoms with Gasteiger partial charge in [0.05, 0.1) is 0 Å². The molecule has 4 nitrogen and oxygen atoms in total. The summed E-state index contributed by atoms with van der Waals surface area (Å²) in [6.07, 6.45) is 6.02. The molecule has 0 saturated carbocycles. The number of fused-ring (bicyclic) bond motifs is 1. The first-order valence-corrected chi connectivity index (χ1v) is 13.1. The highest BCUT2D eigenvalue weighted by Gasteiger charge is 2.22. The van der Waals surface area contributed by atoms with Crippen molar-refractivity contribution in [2.24, 2.45) is 0 Å². The van der Waals surface area contributed by atoms with Crippen LogP contribution in [0.1, 0.15) is 70.1 Å². The van der Waals surface area contributed by atoms with Crippen molar-refractivity contribution in [1.82, 2.24) is 15.0 Å². The van der Waals surface area contributed by atoms with Gasteiger partial charge in [-0.15, -0.1) is 15.0 Å². The lowest BCUT2D eigenvalue weighted by atomic mass is 9.85. The number of hydrogen-bond donors (Lipinski definition) is 1. The van der Waals surface area contributed by atoms with E-state index in [1.165, 1.54) is 42.8 Å². The van der Waals surface area contributed by atoms with Crippen molar-refractivity contribution in [2.75, 3.05) is 11.5 Å². The SMILES string of the molecule is C=S(CCCC)CCCCc1ccc2nn(-c3cc(C)cc(C(C)(C)C)c3O)nc2c1. The van der Waals surface area contributed by atoms with Crippen LogP contribution < -0.4 is 0 Å². The van der Waals surface area contributed by atoms with Crippen molar-refractivity contribution in [2.45, 2.75) is 72.1 Å². The molecule has 0 saturated heterocycles. The number of phenols is 1. The molecule has 0 aliphatic carbocycles. The van der Waals surface area contributed by atoms with Crippen LogP contribution in [-0.2, 0) is 11.8 Å². The maximum Gasteiger partial charge on any atom is 0.146 e. The van der Waals surface area contributed by atoms with Crippen LogP contribution in [0.2, 0.25) is 0 Å². The second kappa shape index (κ2) is 9.99. The Balaban J connectivity index is 1.75. The summed E-state index contributed by atoms with van der Waals surface area (Å²) in [6.45, 7) is 10.6. The van der Waals surface area contributed by atoms with E-state index in [4.69, 9.17) is 5.10 Å². The van der Waals surface area contributed by atoms with E-state index in [1.807, 2.05) is 25.1 Å². The van der Waals surface area contributed by atoms with Crippen molar-refractivity contribution >= 4 is 27.4 Å². The second-order valence-corrected chi connectivity index (χ2v) is 11.6. The van der Waals surface area contributed by atoms with Crippen molar-refractivity contribution < 1.29 is 5.11 Å². The number of rotatable bonds is 9. The maximum atomic E-state index is 10.9. The molecule has 0 aliphatic rings. The first-order valence-electron chi connectivity index (χ1n) is 11.4. The fourth-order valence-electron chi connectivity index (χ4n) is 3.79. The van der Waals surface area contributed by atoms with Crippen LogP contribution in [0.4, 0.5) is 0 Å². The minimum Gasteiger partial charge on any atom is -0.505 e. The van der Waals surface area contributed by atoms with Gasteiger partial charge < -0.3 is 5.11 Å². The van der Waals surface area contributed by atoms with Gasteiger partial charge in [0.15, 0.2) is 0 Å². The van der Waals surface area contributed by atoms with Gasteiger partial charge in [0.1, 0.15) is 22.5 Å². The molecule has 2 aromatic carbocycles. The van der Waals surface area contributed by atoms with E-state index >= 15 is 0 Å². The van der Waals surface area contributed by atoms with Gasteiger partial charge in [-0.1, -0.05) is 52.1 Å². The Morgan fingerprint density at radius 1 is 1.00 bits per heavy atom. The number of aromatic hydroxyl groups is 1. The van der Waals surface area contributed by atoms with Gasteiger partial charge in [-0.05, 0) is 78.9 Å². The Morgan fingerprint density at radius 3 is 2.42 bits per heavy atom. The minimum atomic E-state index is -0.158. The number of unbranched alkanes of at least 4 members (excludes halogenated alkanes) is 2. The molecule has 5 heteroatoms. The van der Waals surface area contributed by atoms with Gasteiger partial charge in [0, 0.05) is 5.56 Å². The third kappa shape index (κ3) is 5.97. The van der Waals surface area contributed by atoms with Crippen LogP contribution in [0.15, 0.2) is 30.3 Å². The van der Waals surface area contributed by atoms with Gasteiger partial charge in [-0.3, -0.25) is 0 Å². The van der Waals surface area contributed by atoms with Crippen LogP contribution in [-0.4, -0.2) is 37.5 Å². The monoisotopic (exact) mass is 439 g/mol. The highest BCUT2D eigenvalue weighted by Crippen LogP contribution is 2.36. The first-order chi connectivity index (χ1) is 14.7. The van der Waals surface area contributed by atoms with Gasteiger partial charge >= 0.3 is 0 Å². The summed E-state index contributed by atoms with van der Waals surface area (Å²) in [5.74, 6) is 7.08. The Hall–Kier alpha value is -2.14. The van der Waals surface area contributed by atoms with E-state index in [2.05, 4.69) is 50.8 Å². The third-order valence-electron chi connectivity index (χ3n) is 5.64. The van der Waals surface area contributed by atoms with Crippen LogP contribution in [0, 0.1) is 6.92 Å². The van der Waals surface area contributed by atoms with Gasteiger partial charge in [0.2, 0.25) is 0 Å². The van der Waals surface area contributed by atoms with E-state index in [1.54, 1.807) is 4.80 Å².